The molecular weight excluding hydrogens is 388 g/mol. The summed E-state index contributed by atoms with van der Waals surface area (Å²) in [6, 6.07) is 15.6. The number of nitrogens with zero attached hydrogens (tertiary/aromatic N) is 3. The molecular formula is C25H32N4O2. The summed E-state index contributed by atoms with van der Waals surface area (Å²) in [5, 5.41) is 2.94. The lowest BCUT2D eigenvalue weighted by Crippen LogP contribution is -2.27. The van der Waals surface area contributed by atoms with Crippen LogP contribution in [0.5, 0.6) is 0 Å². The second kappa shape index (κ2) is 10.9. The second-order valence-corrected chi connectivity index (χ2v) is 8.21. The highest BCUT2D eigenvalue weighted by atomic mass is 16.2. The van der Waals surface area contributed by atoms with Gasteiger partial charge in [-0.2, -0.15) is 0 Å². The van der Waals surface area contributed by atoms with Gasteiger partial charge in [-0.05, 0) is 46.1 Å². The molecule has 0 saturated heterocycles. The molecule has 0 aliphatic heterocycles. The Bertz CT molecular complexity index is 1020. The van der Waals surface area contributed by atoms with Gasteiger partial charge < -0.3 is 14.8 Å². The van der Waals surface area contributed by atoms with Crippen molar-refractivity contribution >= 4 is 22.7 Å². The van der Waals surface area contributed by atoms with E-state index in [1.807, 2.05) is 49.4 Å². The van der Waals surface area contributed by atoms with E-state index in [9.17, 15) is 9.59 Å². The smallest absolute Gasteiger partial charge is 0.220 e. The Balaban J connectivity index is 1.51. The van der Waals surface area contributed by atoms with Crippen LogP contribution in [0.3, 0.4) is 0 Å². The van der Waals surface area contributed by atoms with Crippen molar-refractivity contribution in [2.24, 2.45) is 0 Å². The second-order valence-electron chi connectivity index (χ2n) is 8.21. The first-order chi connectivity index (χ1) is 14.9. The highest BCUT2D eigenvalue weighted by Crippen LogP contribution is 2.17. The van der Waals surface area contributed by atoms with Gasteiger partial charge in [0, 0.05) is 37.9 Å². The fraction of sp³-hybridized carbons (Fsp3) is 0.400. The summed E-state index contributed by atoms with van der Waals surface area (Å²) in [6.07, 6.45) is 2.12. The van der Waals surface area contributed by atoms with Crippen molar-refractivity contribution in [3.63, 3.8) is 0 Å². The van der Waals surface area contributed by atoms with Crippen molar-refractivity contribution in [1.29, 1.82) is 0 Å². The molecule has 0 bridgehead atoms. The maximum Gasteiger partial charge on any atom is 0.220 e. The maximum atomic E-state index is 12.3. The predicted octanol–water partition coefficient (Wildman–Crippen LogP) is 3.62. The number of nitrogens with one attached hydrogen (secondary N) is 1. The number of rotatable bonds is 11. The van der Waals surface area contributed by atoms with E-state index in [0.717, 1.165) is 41.9 Å². The summed E-state index contributed by atoms with van der Waals surface area (Å²) in [5.41, 5.74) is 3.88. The summed E-state index contributed by atoms with van der Waals surface area (Å²) in [6.45, 7) is 4.40. The number of para-hydroxylation sites is 2. The number of carbonyl (C=O) groups excluding carboxylic acids is 2. The van der Waals surface area contributed by atoms with Gasteiger partial charge in [-0.15, -0.1) is 0 Å². The summed E-state index contributed by atoms with van der Waals surface area (Å²) in [7, 11) is 4.15. The van der Waals surface area contributed by atoms with Crippen molar-refractivity contribution < 1.29 is 9.59 Å². The predicted molar refractivity (Wildman–Crippen MR) is 124 cm³/mol. The first kappa shape index (κ1) is 22.7. The number of aryl methyl sites for hydroxylation is 2. The van der Waals surface area contributed by atoms with Gasteiger partial charge in [-0.1, -0.05) is 42.0 Å². The molecule has 0 unspecified atom stereocenters. The average molecular weight is 421 g/mol. The van der Waals surface area contributed by atoms with Crippen LogP contribution in [-0.2, 0) is 17.8 Å². The number of amides is 1. The lowest BCUT2D eigenvalue weighted by molar-refractivity contribution is -0.121. The summed E-state index contributed by atoms with van der Waals surface area (Å²) in [4.78, 5) is 31.4. The van der Waals surface area contributed by atoms with Gasteiger partial charge >= 0.3 is 0 Å². The molecule has 6 heteroatoms. The molecule has 1 aromatic heterocycles. The van der Waals surface area contributed by atoms with Gasteiger partial charge in [0.25, 0.3) is 0 Å². The van der Waals surface area contributed by atoms with E-state index in [-0.39, 0.29) is 24.5 Å². The minimum atomic E-state index is -0.101. The highest BCUT2D eigenvalue weighted by Gasteiger charge is 2.12. The number of carbonyl (C=O) groups is 2. The number of hydrogen-bond acceptors (Lipinski definition) is 4. The molecule has 164 valence electrons. The molecule has 0 radical (unpaired) electrons. The molecule has 3 rings (SSSR count). The number of fused-ring (bicyclic) bond motifs is 1. The third-order valence-electron chi connectivity index (χ3n) is 5.34. The number of Topliss-reactive ketones (excluding diaryl/α,β-unsaturated/α-hetero) is 1. The van der Waals surface area contributed by atoms with Crippen LogP contribution in [0, 0.1) is 6.92 Å². The normalized spacial score (nSPS) is 11.2. The van der Waals surface area contributed by atoms with Crippen LogP contribution in [0.2, 0.25) is 0 Å². The van der Waals surface area contributed by atoms with E-state index < -0.39 is 0 Å². The molecule has 1 amide bonds. The molecule has 0 aliphatic rings. The molecule has 6 nitrogen and oxygen atoms in total. The molecule has 0 fully saturated rings. The minimum Gasteiger partial charge on any atom is -0.356 e. The van der Waals surface area contributed by atoms with Crippen LogP contribution < -0.4 is 5.32 Å². The Hall–Kier alpha value is -2.99. The molecule has 1 heterocycles. The quantitative estimate of drug-likeness (QED) is 0.481. The molecule has 2 aromatic carbocycles. The highest BCUT2D eigenvalue weighted by molar-refractivity contribution is 5.97. The van der Waals surface area contributed by atoms with E-state index >= 15 is 0 Å². The van der Waals surface area contributed by atoms with Crippen molar-refractivity contribution in [3.05, 3.63) is 65.5 Å². The molecule has 0 atom stereocenters. The lowest BCUT2D eigenvalue weighted by atomic mass is 10.1. The number of hydrogen-bond donors (Lipinski definition) is 1. The van der Waals surface area contributed by atoms with Crippen molar-refractivity contribution in [2.45, 2.75) is 39.2 Å². The zero-order valence-corrected chi connectivity index (χ0v) is 18.7. The lowest BCUT2D eigenvalue weighted by Gasteiger charge is -2.13. The summed E-state index contributed by atoms with van der Waals surface area (Å²) in [5.74, 6) is 0.879. The third-order valence-corrected chi connectivity index (χ3v) is 5.34. The largest absolute Gasteiger partial charge is 0.356 e. The zero-order valence-electron chi connectivity index (χ0n) is 18.7. The molecule has 3 aromatic rings. The number of imidazole rings is 1. The maximum absolute atomic E-state index is 12.3. The zero-order chi connectivity index (χ0) is 22.2. The Labute approximate surface area is 184 Å². The van der Waals surface area contributed by atoms with Gasteiger partial charge in [0.2, 0.25) is 5.91 Å². The molecule has 0 aliphatic carbocycles. The number of ketones is 1. The molecule has 0 spiro atoms. The van der Waals surface area contributed by atoms with Gasteiger partial charge in [0.15, 0.2) is 5.78 Å². The van der Waals surface area contributed by atoms with Crippen LogP contribution in [0.15, 0.2) is 48.5 Å². The van der Waals surface area contributed by atoms with Crippen LogP contribution in [0.4, 0.5) is 0 Å². The Kier molecular flexibility index (Phi) is 7.95. The monoisotopic (exact) mass is 420 g/mol. The average Bonchev–Trinajstić information content (AvgIpc) is 3.10. The minimum absolute atomic E-state index is 0.00200. The topological polar surface area (TPSA) is 67.2 Å². The van der Waals surface area contributed by atoms with Crippen LogP contribution in [-0.4, -0.2) is 53.3 Å². The standard InChI is InChI=1S/C25H32N4O2/c1-19-9-11-20(12-10-19)23(30)13-14-25(31)26-16-15-24-27-21-7-4-5-8-22(21)29(24)18-6-17-28(2)3/h4-5,7-12H,6,13-18H2,1-3H3,(H,26,31). The van der Waals surface area contributed by atoms with Crippen molar-refractivity contribution in [3.8, 4) is 0 Å². The fourth-order valence-electron chi connectivity index (χ4n) is 3.62. The SMILES string of the molecule is Cc1ccc(C(=O)CCC(=O)NCCc2nc3ccccc3n2CCCN(C)C)cc1. The van der Waals surface area contributed by atoms with Crippen LogP contribution in [0.25, 0.3) is 11.0 Å². The van der Waals surface area contributed by atoms with Gasteiger partial charge in [0.1, 0.15) is 5.82 Å². The van der Waals surface area contributed by atoms with E-state index in [4.69, 9.17) is 4.98 Å². The first-order valence-corrected chi connectivity index (χ1v) is 10.9. The van der Waals surface area contributed by atoms with Gasteiger partial charge in [0.05, 0.1) is 11.0 Å². The van der Waals surface area contributed by atoms with Crippen LogP contribution in [0.1, 0.15) is 41.0 Å². The van der Waals surface area contributed by atoms with Gasteiger partial charge in [-0.3, -0.25) is 9.59 Å². The molecule has 1 N–H and O–H groups in total. The Morgan fingerprint density at radius 1 is 1.03 bits per heavy atom. The van der Waals surface area contributed by atoms with Crippen LogP contribution >= 0.6 is 0 Å². The van der Waals surface area contributed by atoms with E-state index in [1.165, 1.54) is 0 Å². The molecule has 31 heavy (non-hydrogen) atoms. The van der Waals surface area contributed by atoms with Gasteiger partial charge in [-0.25, -0.2) is 4.98 Å². The Morgan fingerprint density at radius 2 is 1.77 bits per heavy atom. The van der Waals surface area contributed by atoms with Crippen molar-refractivity contribution in [1.82, 2.24) is 19.8 Å². The first-order valence-electron chi connectivity index (χ1n) is 10.9. The van der Waals surface area contributed by atoms with E-state index in [2.05, 4.69) is 34.9 Å². The molecule has 0 saturated carbocycles. The van der Waals surface area contributed by atoms with E-state index in [1.54, 1.807) is 0 Å². The Morgan fingerprint density at radius 3 is 2.52 bits per heavy atom. The third kappa shape index (κ3) is 6.49. The number of aromatic nitrogens is 2. The fourth-order valence-corrected chi connectivity index (χ4v) is 3.62. The summed E-state index contributed by atoms with van der Waals surface area (Å²) < 4.78 is 2.26. The summed E-state index contributed by atoms with van der Waals surface area (Å²) >= 11 is 0. The van der Waals surface area contributed by atoms with E-state index in [0.29, 0.717) is 18.5 Å². The number of benzene rings is 2. The van der Waals surface area contributed by atoms with Crippen molar-refractivity contribution in [2.75, 3.05) is 27.2 Å².